The molecule has 0 bridgehead atoms. The van der Waals surface area contributed by atoms with E-state index in [4.69, 9.17) is 0 Å². The molecule has 1 aromatic rings. The van der Waals surface area contributed by atoms with Crippen LogP contribution in [-0.4, -0.2) is 43.6 Å². The predicted molar refractivity (Wildman–Crippen MR) is 89.6 cm³/mol. The minimum Gasteiger partial charge on any atom is -0.355 e. The van der Waals surface area contributed by atoms with Gasteiger partial charge in [-0.15, -0.1) is 0 Å². The van der Waals surface area contributed by atoms with Crippen LogP contribution >= 0.6 is 0 Å². The summed E-state index contributed by atoms with van der Waals surface area (Å²) in [6, 6.07) is 9.86. The summed E-state index contributed by atoms with van der Waals surface area (Å²) in [5.41, 5.74) is 2.57. The lowest BCUT2D eigenvalue weighted by Gasteiger charge is -2.25. The van der Waals surface area contributed by atoms with Gasteiger partial charge in [-0.25, -0.2) is 0 Å². The molecule has 0 radical (unpaired) electrons. The van der Waals surface area contributed by atoms with E-state index in [2.05, 4.69) is 65.7 Å². The minimum atomic E-state index is 0.523. The number of benzene rings is 1. The summed E-state index contributed by atoms with van der Waals surface area (Å²) < 4.78 is 0. The standard InChI is InChI=1S/C17H28N4/c1-13-6-5-7-15(10-13)12-20-17(18-3)19-11-14(2)21(4)16-8-9-16/h5-7,10,14,16H,8-9,11-12H2,1-4H3,(H2,18,19,20). The second-order valence-corrected chi connectivity index (χ2v) is 6.04. The van der Waals surface area contributed by atoms with Gasteiger partial charge in [0.2, 0.25) is 0 Å². The van der Waals surface area contributed by atoms with Crippen molar-refractivity contribution in [2.45, 2.75) is 45.3 Å². The lowest BCUT2D eigenvalue weighted by molar-refractivity contribution is 0.247. The average molecular weight is 288 g/mol. The van der Waals surface area contributed by atoms with Crippen molar-refractivity contribution in [2.75, 3.05) is 20.6 Å². The summed E-state index contributed by atoms with van der Waals surface area (Å²) in [7, 11) is 4.04. The van der Waals surface area contributed by atoms with E-state index in [-0.39, 0.29) is 0 Å². The Labute approximate surface area is 128 Å². The molecule has 2 N–H and O–H groups in total. The van der Waals surface area contributed by atoms with Crippen molar-refractivity contribution in [1.82, 2.24) is 15.5 Å². The quantitative estimate of drug-likeness (QED) is 0.622. The Kier molecular flexibility index (Phi) is 5.62. The first-order chi connectivity index (χ1) is 10.1. The van der Waals surface area contributed by atoms with Crippen LogP contribution in [0.1, 0.15) is 30.9 Å². The smallest absolute Gasteiger partial charge is 0.191 e. The zero-order valence-electron chi connectivity index (χ0n) is 13.7. The monoisotopic (exact) mass is 288 g/mol. The molecule has 4 heteroatoms. The number of aliphatic imine (C=N–C) groups is 1. The van der Waals surface area contributed by atoms with E-state index in [1.165, 1.54) is 24.0 Å². The normalized spacial score (nSPS) is 16.9. The topological polar surface area (TPSA) is 39.7 Å². The van der Waals surface area contributed by atoms with Gasteiger partial charge < -0.3 is 10.6 Å². The molecule has 4 nitrogen and oxygen atoms in total. The fraction of sp³-hybridized carbons (Fsp3) is 0.588. The SMILES string of the molecule is CN=C(NCc1cccc(C)c1)NCC(C)N(C)C1CC1. The highest BCUT2D eigenvalue weighted by molar-refractivity contribution is 5.79. The number of aryl methyl sites for hydroxylation is 1. The minimum absolute atomic E-state index is 0.523. The second kappa shape index (κ2) is 7.46. The number of hydrogen-bond acceptors (Lipinski definition) is 2. The number of guanidine groups is 1. The molecule has 1 atom stereocenters. The van der Waals surface area contributed by atoms with Crippen LogP contribution in [0, 0.1) is 6.92 Å². The first-order valence-corrected chi connectivity index (χ1v) is 7.82. The van der Waals surface area contributed by atoms with E-state index in [1.807, 2.05) is 7.05 Å². The molecular formula is C17H28N4. The third-order valence-corrected chi connectivity index (χ3v) is 4.15. The summed E-state index contributed by atoms with van der Waals surface area (Å²) >= 11 is 0. The molecule has 0 amide bonds. The Morgan fingerprint density at radius 2 is 2.14 bits per heavy atom. The van der Waals surface area contributed by atoms with Gasteiger partial charge in [0.25, 0.3) is 0 Å². The molecule has 1 aromatic carbocycles. The van der Waals surface area contributed by atoms with Crippen LogP contribution in [0.5, 0.6) is 0 Å². The Morgan fingerprint density at radius 3 is 2.76 bits per heavy atom. The van der Waals surface area contributed by atoms with Crippen LogP contribution < -0.4 is 10.6 Å². The summed E-state index contributed by atoms with van der Waals surface area (Å²) in [6.45, 7) is 6.10. The van der Waals surface area contributed by atoms with Gasteiger partial charge in [0.15, 0.2) is 5.96 Å². The van der Waals surface area contributed by atoms with Crippen molar-refractivity contribution < 1.29 is 0 Å². The van der Waals surface area contributed by atoms with Crippen LogP contribution in [0.2, 0.25) is 0 Å². The Bertz CT molecular complexity index is 479. The van der Waals surface area contributed by atoms with Gasteiger partial charge in [-0.05, 0) is 39.3 Å². The summed E-state index contributed by atoms with van der Waals surface area (Å²) in [4.78, 5) is 6.75. The number of likely N-dealkylation sites (N-methyl/N-ethyl adjacent to an activating group) is 1. The van der Waals surface area contributed by atoms with Gasteiger partial charge in [0, 0.05) is 32.2 Å². The molecule has 0 spiro atoms. The van der Waals surface area contributed by atoms with Crippen LogP contribution in [-0.2, 0) is 6.54 Å². The van der Waals surface area contributed by atoms with E-state index in [0.717, 1.165) is 25.1 Å². The molecular weight excluding hydrogens is 260 g/mol. The first kappa shape index (κ1) is 15.8. The molecule has 0 aliphatic heterocycles. The maximum absolute atomic E-state index is 4.29. The fourth-order valence-corrected chi connectivity index (χ4v) is 2.46. The van der Waals surface area contributed by atoms with Gasteiger partial charge >= 0.3 is 0 Å². The zero-order valence-corrected chi connectivity index (χ0v) is 13.7. The highest BCUT2D eigenvalue weighted by Crippen LogP contribution is 2.26. The number of hydrogen-bond donors (Lipinski definition) is 2. The summed E-state index contributed by atoms with van der Waals surface area (Å²) in [6.07, 6.45) is 2.70. The van der Waals surface area contributed by atoms with E-state index in [0.29, 0.717) is 6.04 Å². The van der Waals surface area contributed by atoms with Crippen molar-refractivity contribution in [2.24, 2.45) is 4.99 Å². The van der Waals surface area contributed by atoms with Crippen LogP contribution in [0.4, 0.5) is 0 Å². The third-order valence-electron chi connectivity index (χ3n) is 4.15. The molecule has 1 aliphatic carbocycles. The van der Waals surface area contributed by atoms with E-state index in [9.17, 15) is 0 Å². The Balaban J connectivity index is 1.75. The van der Waals surface area contributed by atoms with Gasteiger partial charge in [-0.2, -0.15) is 0 Å². The van der Waals surface area contributed by atoms with Crippen molar-refractivity contribution in [3.8, 4) is 0 Å². The van der Waals surface area contributed by atoms with Gasteiger partial charge in [0.1, 0.15) is 0 Å². The Morgan fingerprint density at radius 1 is 1.38 bits per heavy atom. The predicted octanol–water partition coefficient (Wildman–Crippen LogP) is 2.14. The molecule has 1 aliphatic rings. The van der Waals surface area contributed by atoms with Gasteiger partial charge in [0.05, 0.1) is 0 Å². The maximum atomic E-state index is 4.29. The number of rotatable bonds is 6. The van der Waals surface area contributed by atoms with Gasteiger partial charge in [-0.3, -0.25) is 9.89 Å². The molecule has 116 valence electrons. The zero-order chi connectivity index (χ0) is 15.2. The van der Waals surface area contributed by atoms with Crippen LogP contribution in [0.3, 0.4) is 0 Å². The number of nitrogens with one attached hydrogen (secondary N) is 2. The van der Waals surface area contributed by atoms with E-state index in [1.54, 1.807) is 0 Å². The van der Waals surface area contributed by atoms with Crippen LogP contribution in [0.25, 0.3) is 0 Å². The molecule has 1 unspecified atom stereocenters. The first-order valence-electron chi connectivity index (χ1n) is 7.82. The lowest BCUT2D eigenvalue weighted by atomic mass is 10.1. The molecule has 0 saturated heterocycles. The molecule has 21 heavy (non-hydrogen) atoms. The largest absolute Gasteiger partial charge is 0.355 e. The van der Waals surface area contributed by atoms with Gasteiger partial charge in [-0.1, -0.05) is 29.8 Å². The van der Waals surface area contributed by atoms with Crippen molar-refractivity contribution in [3.05, 3.63) is 35.4 Å². The van der Waals surface area contributed by atoms with Crippen molar-refractivity contribution >= 4 is 5.96 Å². The Hall–Kier alpha value is -1.55. The third kappa shape index (κ3) is 5.05. The van der Waals surface area contributed by atoms with Crippen molar-refractivity contribution in [3.63, 3.8) is 0 Å². The van der Waals surface area contributed by atoms with E-state index >= 15 is 0 Å². The highest BCUT2D eigenvalue weighted by atomic mass is 15.2. The molecule has 1 fully saturated rings. The average Bonchev–Trinajstić information content (AvgIpc) is 3.31. The lowest BCUT2D eigenvalue weighted by Crippen LogP contribution is -2.45. The number of nitrogens with zero attached hydrogens (tertiary/aromatic N) is 2. The maximum Gasteiger partial charge on any atom is 0.191 e. The van der Waals surface area contributed by atoms with Crippen LogP contribution in [0.15, 0.2) is 29.3 Å². The summed E-state index contributed by atoms with van der Waals surface area (Å²) in [5, 5.41) is 6.79. The summed E-state index contributed by atoms with van der Waals surface area (Å²) in [5.74, 6) is 0.868. The molecule has 0 aromatic heterocycles. The van der Waals surface area contributed by atoms with E-state index < -0.39 is 0 Å². The molecule has 2 rings (SSSR count). The highest BCUT2D eigenvalue weighted by Gasteiger charge is 2.28. The molecule has 0 heterocycles. The second-order valence-electron chi connectivity index (χ2n) is 6.04. The van der Waals surface area contributed by atoms with Crippen molar-refractivity contribution in [1.29, 1.82) is 0 Å². The molecule has 1 saturated carbocycles. The fourth-order valence-electron chi connectivity index (χ4n) is 2.46.